The van der Waals surface area contributed by atoms with Crippen molar-refractivity contribution in [2.24, 2.45) is 0 Å². The van der Waals surface area contributed by atoms with E-state index in [0.29, 0.717) is 11.1 Å². The van der Waals surface area contributed by atoms with Crippen LogP contribution in [0.2, 0.25) is 0 Å². The molecule has 0 saturated heterocycles. The number of nitrogen functional groups attached to an aromatic ring is 1. The van der Waals surface area contributed by atoms with Gasteiger partial charge in [-0.2, -0.15) is 0 Å². The lowest BCUT2D eigenvalue weighted by Crippen LogP contribution is -2.04. The van der Waals surface area contributed by atoms with Gasteiger partial charge in [-0.05, 0) is 31.6 Å². The minimum Gasteiger partial charge on any atom is -0.463 e. The first-order chi connectivity index (χ1) is 8.45. The van der Waals surface area contributed by atoms with E-state index in [2.05, 4.69) is 0 Å². The van der Waals surface area contributed by atoms with Crippen molar-refractivity contribution in [1.82, 2.24) is 0 Å². The Labute approximate surface area is 104 Å². The van der Waals surface area contributed by atoms with Crippen LogP contribution in [0, 0.1) is 10.1 Å². The molecule has 18 heavy (non-hydrogen) atoms. The summed E-state index contributed by atoms with van der Waals surface area (Å²) < 4.78 is 4.81. The summed E-state index contributed by atoms with van der Waals surface area (Å²) in [4.78, 5) is 21.5. The number of anilines is 1. The lowest BCUT2D eigenvalue weighted by molar-refractivity contribution is -0.383. The molecule has 1 aromatic rings. The van der Waals surface area contributed by atoms with E-state index in [1.807, 2.05) is 0 Å². The predicted molar refractivity (Wildman–Crippen MR) is 67.8 cm³/mol. The molecule has 0 atom stereocenters. The highest BCUT2D eigenvalue weighted by molar-refractivity contribution is 5.93. The fourth-order valence-electron chi connectivity index (χ4n) is 1.36. The van der Waals surface area contributed by atoms with Gasteiger partial charge in [-0.25, -0.2) is 4.79 Å². The van der Waals surface area contributed by atoms with Crippen LogP contribution < -0.4 is 5.73 Å². The van der Waals surface area contributed by atoms with E-state index in [1.165, 1.54) is 18.2 Å². The standard InChI is InChI=1S/C12H14N2O4/c1-3-18-12(15)8(2)6-9-4-5-10(13)11(7-9)14(16)17/h4-7H,3,13H2,1-2H3/b8-6+. The molecule has 0 fully saturated rings. The second-order valence-corrected chi connectivity index (χ2v) is 3.62. The van der Waals surface area contributed by atoms with Crippen LogP contribution in [0.1, 0.15) is 19.4 Å². The highest BCUT2D eigenvalue weighted by Crippen LogP contribution is 2.23. The monoisotopic (exact) mass is 250 g/mol. The minimum absolute atomic E-state index is 0.0888. The Kier molecular flexibility index (Phi) is 4.42. The van der Waals surface area contributed by atoms with Gasteiger partial charge in [0.15, 0.2) is 0 Å². The Morgan fingerprint density at radius 1 is 1.56 bits per heavy atom. The topological polar surface area (TPSA) is 95.5 Å². The summed E-state index contributed by atoms with van der Waals surface area (Å²) in [5.41, 5.74) is 6.28. The number of nitrogens with zero attached hydrogens (tertiary/aromatic N) is 1. The predicted octanol–water partition coefficient (Wildman–Crippen LogP) is 2.14. The maximum absolute atomic E-state index is 11.4. The van der Waals surface area contributed by atoms with Crippen molar-refractivity contribution in [1.29, 1.82) is 0 Å². The number of carbonyl (C=O) groups is 1. The number of hydrogen-bond acceptors (Lipinski definition) is 5. The van der Waals surface area contributed by atoms with Gasteiger partial charge in [0.05, 0.1) is 11.5 Å². The van der Waals surface area contributed by atoms with Gasteiger partial charge in [-0.3, -0.25) is 10.1 Å². The van der Waals surface area contributed by atoms with E-state index in [9.17, 15) is 14.9 Å². The third kappa shape index (κ3) is 3.31. The van der Waals surface area contributed by atoms with Crippen molar-refractivity contribution in [2.45, 2.75) is 13.8 Å². The van der Waals surface area contributed by atoms with Crippen molar-refractivity contribution < 1.29 is 14.5 Å². The van der Waals surface area contributed by atoms with Crippen LogP contribution in [-0.4, -0.2) is 17.5 Å². The molecule has 0 spiro atoms. The lowest BCUT2D eigenvalue weighted by Gasteiger charge is -2.02. The molecule has 0 aliphatic heterocycles. The molecule has 0 unspecified atom stereocenters. The molecule has 6 nitrogen and oxygen atoms in total. The zero-order valence-corrected chi connectivity index (χ0v) is 10.2. The van der Waals surface area contributed by atoms with Crippen LogP contribution >= 0.6 is 0 Å². The summed E-state index contributed by atoms with van der Waals surface area (Å²) in [5, 5.41) is 10.7. The number of hydrogen-bond donors (Lipinski definition) is 1. The normalized spacial score (nSPS) is 11.1. The Hall–Kier alpha value is -2.37. The Bertz CT molecular complexity index is 509. The number of ether oxygens (including phenoxy) is 1. The van der Waals surface area contributed by atoms with Crippen molar-refractivity contribution in [3.05, 3.63) is 39.4 Å². The van der Waals surface area contributed by atoms with Gasteiger partial charge in [0.2, 0.25) is 0 Å². The molecular weight excluding hydrogens is 236 g/mol. The molecule has 0 saturated carbocycles. The van der Waals surface area contributed by atoms with E-state index in [-0.39, 0.29) is 18.0 Å². The highest BCUT2D eigenvalue weighted by Gasteiger charge is 2.12. The molecular formula is C12H14N2O4. The Morgan fingerprint density at radius 3 is 2.78 bits per heavy atom. The van der Waals surface area contributed by atoms with Gasteiger partial charge >= 0.3 is 5.97 Å². The van der Waals surface area contributed by atoms with E-state index in [0.717, 1.165) is 0 Å². The van der Waals surface area contributed by atoms with Crippen molar-refractivity contribution in [3.8, 4) is 0 Å². The molecule has 0 aliphatic carbocycles. The van der Waals surface area contributed by atoms with Gasteiger partial charge in [0.1, 0.15) is 5.69 Å². The van der Waals surface area contributed by atoms with Crippen LogP contribution in [0.3, 0.4) is 0 Å². The molecule has 6 heteroatoms. The summed E-state index contributed by atoms with van der Waals surface area (Å²) in [5.74, 6) is -0.447. The second-order valence-electron chi connectivity index (χ2n) is 3.62. The average molecular weight is 250 g/mol. The molecule has 1 aromatic carbocycles. The fraction of sp³-hybridized carbons (Fsp3) is 0.250. The summed E-state index contributed by atoms with van der Waals surface area (Å²) in [6, 6.07) is 4.35. The van der Waals surface area contributed by atoms with E-state index >= 15 is 0 Å². The second kappa shape index (κ2) is 5.81. The zero-order chi connectivity index (χ0) is 13.7. The third-order valence-electron chi connectivity index (χ3n) is 2.23. The maximum atomic E-state index is 11.4. The largest absolute Gasteiger partial charge is 0.463 e. The molecule has 0 aromatic heterocycles. The number of carbonyl (C=O) groups excluding carboxylic acids is 1. The first-order valence-electron chi connectivity index (χ1n) is 5.35. The van der Waals surface area contributed by atoms with Crippen LogP contribution in [0.25, 0.3) is 6.08 Å². The van der Waals surface area contributed by atoms with Crippen molar-refractivity contribution >= 4 is 23.4 Å². The van der Waals surface area contributed by atoms with Gasteiger partial charge in [0.25, 0.3) is 5.69 Å². The van der Waals surface area contributed by atoms with Gasteiger partial charge in [0, 0.05) is 11.6 Å². The minimum atomic E-state index is -0.563. The zero-order valence-electron chi connectivity index (χ0n) is 10.2. The first kappa shape index (κ1) is 13.7. The first-order valence-corrected chi connectivity index (χ1v) is 5.35. The van der Waals surface area contributed by atoms with Crippen LogP contribution in [-0.2, 0) is 9.53 Å². The fourth-order valence-corrected chi connectivity index (χ4v) is 1.36. The lowest BCUT2D eigenvalue weighted by atomic mass is 10.1. The van der Waals surface area contributed by atoms with Gasteiger partial charge in [-0.1, -0.05) is 6.07 Å². The number of nitro groups is 1. The van der Waals surface area contributed by atoms with E-state index in [4.69, 9.17) is 10.5 Å². The maximum Gasteiger partial charge on any atom is 0.333 e. The Morgan fingerprint density at radius 2 is 2.22 bits per heavy atom. The van der Waals surface area contributed by atoms with Gasteiger partial charge < -0.3 is 10.5 Å². The summed E-state index contributed by atoms with van der Waals surface area (Å²) in [7, 11) is 0. The number of nitro benzene ring substituents is 1. The number of nitrogens with two attached hydrogens (primary N) is 1. The van der Waals surface area contributed by atoms with Crippen LogP contribution in [0.5, 0.6) is 0 Å². The molecule has 0 aliphatic rings. The molecule has 0 heterocycles. The number of benzene rings is 1. The molecule has 0 amide bonds. The van der Waals surface area contributed by atoms with Gasteiger partial charge in [-0.15, -0.1) is 0 Å². The highest BCUT2D eigenvalue weighted by atomic mass is 16.6. The Balaban J connectivity index is 3.05. The number of esters is 1. The van der Waals surface area contributed by atoms with Crippen molar-refractivity contribution in [2.75, 3.05) is 12.3 Å². The number of rotatable bonds is 4. The van der Waals surface area contributed by atoms with Crippen LogP contribution in [0.4, 0.5) is 11.4 Å². The van der Waals surface area contributed by atoms with E-state index in [1.54, 1.807) is 19.9 Å². The SMILES string of the molecule is CCOC(=O)/C(C)=C/c1ccc(N)c([N+](=O)[O-])c1. The van der Waals surface area contributed by atoms with E-state index < -0.39 is 10.9 Å². The van der Waals surface area contributed by atoms with Crippen LogP contribution in [0.15, 0.2) is 23.8 Å². The molecule has 96 valence electrons. The summed E-state index contributed by atoms with van der Waals surface area (Å²) in [6.45, 7) is 3.57. The quantitative estimate of drug-likeness (QED) is 0.290. The smallest absolute Gasteiger partial charge is 0.333 e. The molecule has 0 bridgehead atoms. The molecule has 1 rings (SSSR count). The molecule has 2 N–H and O–H groups in total. The average Bonchev–Trinajstić information content (AvgIpc) is 2.31. The third-order valence-corrected chi connectivity index (χ3v) is 2.23. The summed E-state index contributed by atoms with van der Waals surface area (Å²) >= 11 is 0. The van der Waals surface area contributed by atoms with Crippen molar-refractivity contribution in [3.63, 3.8) is 0 Å². The molecule has 0 radical (unpaired) electrons. The summed E-state index contributed by atoms with van der Waals surface area (Å²) in [6.07, 6.45) is 1.52.